The molecule has 1 aromatic rings. The number of nitrogens with zero attached hydrogens (tertiary/aromatic N) is 1. The predicted octanol–water partition coefficient (Wildman–Crippen LogP) is 0.423. The van der Waals surface area contributed by atoms with Gasteiger partial charge in [-0.3, -0.25) is 4.98 Å². The van der Waals surface area contributed by atoms with Crippen LogP contribution in [0.5, 0.6) is 0 Å². The second-order valence-electron chi connectivity index (χ2n) is 1.12. The van der Waals surface area contributed by atoms with Gasteiger partial charge in [0.1, 0.15) is 5.00 Å². The minimum absolute atomic E-state index is 1.11. The van der Waals surface area contributed by atoms with Gasteiger partial charge in [-0.25, -0.2) is 0 Å². The summed E-state index contributed by atoms with van der Waals surface area (Å²) >= 11 is 1.60. The van der Waals surface area contributed by atoms with E-state index in [-0.39, 0.29) is 0 Å². The zero-order valence-electron chi connectivity index (χ0n) is 5.16. The van der Waals surface area contributed by atoms with Crippen LogP contribution in [0.1, 0.15) is 0 Å². The minimum atomic E-state index is 1.11. The first-order valence-electron chi connectivity index (χ1n) is 2.33. The molecule has 44 valence electrons. The Kier molecular flexibility index (Phi) is 5.41. The van der Waals surface area contributed by atoms with Crippen molar-refractivity contribution in [1.82, 2.24) is 4.98 Å². The van der Waals surface area contributed by atoms with Gasteiger partial charge in [0.05, 0.1) is 11.7 Å². The van der Waals surface area contributed by atoms with Crippen LogP contribution in [0.25, 0.3) is 0 Å². The molecule has 0 aliphatic heterocycles. The first-order chi connectivity index (χ1) is 4.43. The van der Waals surface area contributed by atoms with Crippen LogP contribution in [0.15, 0.2) is 11.7 Å². The zero-order valence-corrected chi connectivity index (χ0v) is 5.98. The highest BCUT2D eigenvalue weighted by atomic mass is 32.1. The van der Waals surface area contributed by atoms with Crippen LogP contribution in [0.2, 0.25) is 0 Å². The Morgan fingerprint density at radius 1 is 1.67 bits per heavy atom. The van der Waals surface area contributed by atoms with Crippen molar-refractivity contribution in [2.75, 3.05) is 12.4 Å². The molecule has 0 saturated carbocycles. The fourth-order valence-electron chi connectivity index (χ4n) is 0.339. The summed E-state index contributed by atoms with van der Waals surface area (Å²) in [7, 11) is 9.88. The Hall–Kier alpha value is -0.440. The van der Waals surface area contributed by atoms with Crippen molar-refractivity contribution in [3.05, 3.63) is 11.7 Å². The summed E-state index contributed by atoms with van der Waals surface area (Å²) in [4.78, 5) is 3.85. The van der Waals surface area contributed by atoms with E-state index in [9.17, 15) is 0 Å². The average Bonchev–Trinajstić information content (AvgIpc) is 2.43. The normalized spacial score (nSPS) is 7.22. The highest BCUT2D eigenvalue weighted by Gasteiger charge is 1.82. The fraction of sp³-hybridized carbons (Fsp3) is 0.250. The maximum atomic E-state index is 4.00. The van der Waals surface area contributed by atoms with Crippen molar-refractivity contribution in [3.63, 3.8) is 0 Å². The molecule has 0 fully saturated rings. The Morgan fingerprint density at radius 3 is 2.56 bits per heavy atom. The summed E-state index contributed by atoms with van der Waals surface area (Å²) in [6, 6.07) is 0. The summed E-state index contributed by atoms with van der Waals surface area (Å²) in [6.45, 7) is 0. The third-order valence-electron chi connectivity index (χ3n) is 0.679. The largest absolute Gasteiger partial charge is 0.379 e. The highest BCUT2D eigenvalue weighted by Crippen LogP contribution is 2.09. The third kappa shape index (κ3) is 3.19. The molecular formula is C4H6B2N2S. The van der Waals surface area contributed by atoms with Crippen LogP contribution < -0.4 is 5.32 Å². The van der Waals surface area contributed by atoms with E-state index in [0.717, 1.165) is 5.00 Å². The molecule has 1 heterocycles. The second kappa shape index (κ2) is 5.69. The quantitative estimate of drug-likeness (QED) is 0.565. The van der Waals surface area contributed by atoms with Crippen molar-refractivity contribution in [2.24, 2.45) is 0 Å². The molecule has 0 saturated heterocycles. The lowest BCUT2D eigenvalue weighted by atomic mass is 9.81. The minimum Gasteiger partial charge on any atom is -0.379 e. The number of rotatable bonds is 1. The van der Waals surface area contributed by atoms with E-state index < -0.39 is 0 Å². The SMILES string of the molecule is CNc1cncs1.[B][B]. The molecule has 0 aromatic carbocycles. The van der Waals surface area contributed by atoms with Crippen LogP contribution in [-0.2, 0) is 0 Å². The van der Waals surface area contributed by atoms with Crippen LogP contribution in [0.3, 0.4) is 0 Å². The van der Waals surface area contributed by atoms with Gasteiger partial charge in [0.15, 0.2) is 0 Å². The molecule has 0 aliphatic carbocycles. The summed E-state index contributed by atoms with van der Waals surface area (Å²) in [6.07, 6.45) is 1.80. The third-order valence-corrected chi connectivity index (χ3v) is 1.47. The molecule has 5 heteroatoms. The van der Waals surface area contributed by atoms with Crippen molar-refractivity contribution in [1.29, 1.82) is 0 Å². The topological polar surface area (TPSA) is 24.9 Å². The van der Waals surface area contributed by atoms with Gasteiger partial charge < -0.3 is 5.32 Å². The van der Waals surface area contributed by atoms with E-state index in [4.69, 9.17) is 0 Å². The number of nitrogens with one attached hydrogen (secondary N) is 1. The maximum absolute atomic E-state index is 4.00. The number of thiazole rings is 1. The first kappa shape index (κ1) is 8.56. The van der Waals surface area contributed by atoms with Gasteiger partial charge >= 0.3 is 0 Å². The molecule has 2 nitrogen and oxygen atoms in total. The molecule has 1 rings (SSSR count). The molecule has 0 aliphatic rings. The van der Waals surface area contributed by atoms with Gasteiger partial charge in [0, 0.05) is 22.5 Å². The lowest BCUT2D eigenvalue weighted by Gasteiger charge is -1.84. The first-order valence-corrected chi connectivity index (χ1v) is 3.21. The van der Waals surface area contributed by atoms with E-state index in [1.54, 1.807) is 23.0 Å². The lowest BCUT2D eigenvalue weighted by Crippen LogP contribution is -1.80. The van der Waals surface area contributed by atoms with Crippen LogP contribution in [-0.4, -0.2) is 27.5 Å². The molecule has 0 amide bonds. The fourth-order valence-corrected chi connectivity index (χ4v) is 0.814. The van der Waals surface area contributed by atoms with Crippen molar-refractivity contribution in [2.45, 2.75) is 0 Å². The van der Waals surface area contributed by atoms with Crippen molar-refractivity contribution >= 4 is 31.8 Å². The molecule has 0 unspecified atom stereocenters. The van der Waals surface area contributed by atoms with Gasteiger partial charge in [-0.05, 0) is 0 Å². The second-order valence-corrected chi connectivity index (χ2v) is 2.00. The lowest BCUT2D eigenvalue weighted by molar-refractivity contribution is 1.41. The zero-order chi connectivity index (χ0) is 7.11. The molecule has 9 heavy (non-hydrogen) atoms. The van der Waals surface area contributed by atoms with Gasteiger partial charge in [-0.1, -0.05) is 0 Å². The number of anilines is 1. The Morgan fingerprint density at radius 2 is 2.33 bits per heavy atom. The monoisotopic (exact) mass is 136 g/mol. The smallest absolute Gasteiger partial charge is 0.108 e. The molecule has 4 radical (unpaired) electrons. The summed E-state index contributed by atoms with van der Waals surface area (Å²) in [5.41, 5.74) is 1.80. The molecule has 0 atom stereocenters. The van der Waals surface area contributed by atoms with Crippen LogP contribution >= 0.6 is 11.3 Å². The van der Waals surface area contributed by atoms with E-state index in [1.165, 1.54) is 0 Å². The van der Waals surface area contributed by atoms with E-state index in [0.29, 0.717) is 0 Å². The van der Waals surface area contributed by atoms with E-state index in [2.05, 4.69) is 25.8 Å². The standard InChI is InChI=1S/C4H6N2S.B2/c1-5-4-2-6-3-7-4;1-2/h2-3,5H,1H3;. The summed E-state index contributed by atoms with van der Waals surface area (Å²) in [5.74, 6) is 0. The Labute approximate surface area is 61.5 Å². The molecular weight excluding hydrogens is 130 g/mol. The van der Waals surface area contributed by atoms with E-state index in [1.807, 2.05) is 7.05 Å². The van der Waals surface area contributed by atoms with Gasteiger partial charge in [0.2, 0.25) is 0 Å². The van der Waals surface area contributed by atoms with Crippen LogP contribution in [0.4, 0.5) is 5.00 Å². The molecule has 1 aromatic heterocycles. The molecule has 1 N–H and O–H groups in total. The Bertz CT molecular complexity index is 131. The van der Waals surface area contributed by atoms with Crippen molar-refractivity contribution < 1.29 is 0 Å². The molecule has 0 spiro atoms. The van der Waals surface area contributed by atoms with Crippen LogP contribution in [0, 0.1) is 0 Å². The highest BCUT2D eigenvalue weighted by molar-refractivity contribution is 7.13. The predicted molar refractivity (Wildman–Crippen MR) is 43.2 cm³/mol. The number of hydrogen-bond acceptors (Lipinski definition) is 3. The number of aromatic nitrogens is 1. The number of hydrogen-bond donors (Lipinski definition) is 1. The van der Waals surface area contributed by atoms with Gasteiger partial charge in [-0.2, -0.15) is 0 Å². The maximum Gasteiger partial charge on any atom is 0.108 e. The van der Waals surface area contributed by atoms with Crippen molar-refractivity contribution in [3.8, 4) is 0 Å². The average molecular weight is 136 g/mol. The van der Waals surface area contributed by atoms with E-state index >= 15 is 0 Å². The Balaban J connectivity index is 0.000000291. The van der Waals surface area contributed by atoms with Gasteiger partial charge in [-0.15, -0.1) is 11.3 Å². The van der Waals surface area contributed by atoms with Gasteiger partial charge in [0.25, 0.3) is 0 Å². The summed E-state index contributed by atoms with van der Waals surface area (Å²) in [5, 5.41) is 4.07. The summed E-state index contributed by atoms with van der Waals surface area (Å²) < 4.78 is 0. The molecule has 0 bridgehead atoms.